The Morgan fingerprint density at radius 3 is 2.41 bits per heavy atom. The van der Waals surface area contributed by atoms with Crippen LogP contribution in [0.5, 0.6) is 0 Å². The fourth-order valence-electron chi connectivity index (χ4n) is 2.53. The quantitative estimate of drug-likeness (QED) is 0.738. The first-order chi connectivity index (χ1) is 7.99. The molecule has 0 unspecified atom stereocenters. The van der Waals surface area contributed by atoms with E-state index in [1.165, 1.54) is 20.9 Å². The molecule has 5 nitrogen and oxygen atoms in total. The number of hydrogen-bond acceptors (Lipinski definition) is 4. The van der Waals surface area contributed by atoms with Crippen molar-refractivity contribution >= 4 is 11.8 Å². The molecule has 0 saturated heterocycles. The van der Waals surface area contributed by atoms with Crippen LogP contribution in [0.3, 0.4) is 0 Å². The molecule has 0 bridgehead atoms. The van der Waals surface area contributed by atoms with Crippen LogP contribution in [-0.4, -0.2) is 20.4 Å². The molecule has 6 heteroatoms. The van der Waals surface area contributed by atoms with E-state index in [4.69, 9.17) is 0 Å². The van der Waals surface area contributed by atoms with E-state index in [1.807, 2.05) is 13.2 Å². The summed E-state index contributed by atoms with van der Waals surface area (Å²) in [4.78, 5) is 28.2. The van der Waals surface area contributed by atoms with Crippen molar-refractivity contribution in [3.05, 3.63) is 21.0 Å². The maximum Gasteiger partial charge on any atom is 0.354 e. The third kappa shape index (κ3) is 1.94. The van der Waals surface area contributed by atoms with E-state index in [0.29, 0.717) is 5.16 Å². The van der Waals surface area contributed by atoms with Crippen LogP contribution in [0.15, 0.2) is 14.7 Å². The van der Waals surface area contributed by atoms with E-state index in [2.05, 4.69) is 4.98 Å². The molecule has 2 rings (SSSR count). The highest BCUT2D eigenvalue weighted by Crippen LogP contribution is 2.33. The normalized spacial score (nSPS) is 18.5. The molecule has 1 aliphatic rings. The highest BCUT2D eigenvalue weighted by Gasteiger charge is 2.34. The summed E-state index contributed by atoms with van der Waals surface area (Å²) in [7, 11) is 1.66. The number of aromatic nitrogens is 3. The van der Waals surface area contributed by atoms with Crippen LogP contribution >= 0.6 is 11.8 Å². The monoisotopic (exact) mass is 255 g/mol. The maximum atomic E-state index is 12.2. The van der Waals surface area contributed by atoms with E-state index in [0.717, 1.165) is 25.7 Å². The second-order valence-corrected chi connectivity index (χ2v) is 5.54. The van der Waals surface area contributed by atoms with E-state index in [1.54, 1.807) is 7.05 Å². The van der Waals surface area contributed by atoms with Crippen LogP contribution in [0.2, 0.25) is 0 Å². The number of hydrogen-bond donors (Lipinski definition) is 0. The second-order valence-electron chi connectivity index (χ2n) is 4.76. The zero-order valence-electron chi connectivity index (χ0n) is 10.4. The molecule has 1 saturated carbocycles. The first-order valence-corrected chi connectivity index (χ1v) is 6.96. The Morgan fingerprint density at radius 2 is 1.88 bits per heavy atom. The van der Waals surface area contributed by atoms with Crippen LogP contribution in [0, 0.1) is 0 Å². The SMILES string of the molecule is CSc1nc(=O)n(C2(C)CCCC2)c(=O)n1C. The van der Waals surface area contributed by atoms with Gasteiger partial charge in [0.05, 0.1) is 5.54 Å². The third-order valence-corrected chi connectivity index (χ3v) is 4.28. The molecule has 1 heterocycles. The van der Waals surface area contributed by atoms with Crippen LogP contribution in [0.25, 0.3) is 0 Å². The maximum absolute atomic E-state index is 12.2. The van der Waals surface area contributed by atoms with Gasteiger partial charge in [-0.15, -0.1) is 0 Å². The number of nitrogens with zero attached hydrogens (tertiary/aromatic N) is 3. The lowest BCUT2D eigenvalue weighted by atomic mass is 10.0. The molecule has 0 N–H and O–H groups in total. The topological polar surface area (TPSA) is 56.9 Å². The van der Waals surface area contributed by atoms with Crippen molar-refractivity contribution in [3.63, 3.8) is 0 Å². The zero-order valence-corrected chi connectivity index (χ0v) is 11.2. The summed E-state index contributed by atoms with van der Waals surface area (Å²) < 4.78 is 2.79. The van der Waals surface area contributed by atoms with Gasteiger partial charge >= 0.3 is 11.4 Å². The summed E-state index contributed by atoms with van der Waals surface area (Å²) in [5, 5.41) is 0.470. The van der Waals surface area contributed by atoms with Gasteiger partial charge in [-0.05, 0) is 26.0 Å². The molecule has 0 amide bonds. The van der Waals surface area contributed by atoms with Crippen LogP contribution in [0.1, 0.15) is 32.6 Å². The van der Waals surface area contributed by atoms with E-state index in [-0.39, 0.29) is 11.2 Å². The van der Waals surface area contributed by atoms with Crippen molar-refractivity contribution in [1.82, 2.24) is 14.1 Å². The zero-order chi connectivity index (χ0) is 12.6. The first kappa shape index (κ1) is 12.4. The van der Waals surface area contributed by atoms with Crippen LogP contribution in [0.4, 0.5) is 0 Å². The van der Waals surface area contributed by atoms with Crippen molar-refractivity contribution in [1.29, 1.82) is 0 Å². The summed E-state index contributed by atoms with van der Waals surface area (Å²) in [6.07, 6.45) is 5.69. The smallest absolute Gasteiger partial charge is 0.275 e. The third-order valence-electron chi connectivity index (χ3n) is 3.55. The molecule has 94 valence electrons. The molecular formula is C11H17N3O2S. The van der Waals surface area contributed by atoms with Crippen molar-refractivity contribution in [3.8, 4) is 0 Å². The molecule has 1 aliphatic carbocycles. The lowest BCUT2D eigenvalue weighted by molar-refractivity contribution is 0.286. The molecule has 1 aromatic heterocycles. The highest BCUT2D eigenvalue weighted by atomic mass is 32.2. The molecule has 1 aromatic rings. The number of thioether (sulfide) groups is 1. The van der Waals surface area contributed by atoms with Gasteiger partial charge in [0.25, 0.3) is 0 Å². The summed E-state index contributed by atoms with van der Waals surface area (Å²) in [5.41, 5.74) is -1.02. The Kier molecular flexibility index (Phi) is 3.16. The van der Waals surface area contributed by atoms with E-state index >= 15 is 0 Å². The average Bonchev–Trinajstić information content (AvgIpc) is 2.71. The summed E-state index contributed by atoms with van der Waals surface area (Å²) in [6, 6.07) is 0. The van der Waals surface area contributed by atoms with Gasteiger partial charge in [0, 0.05) is 7.05 Å². The van der Waals surface area contributed by atoms with E-state index in [9.17, 15) is 9.59 Å². The molecule has 0 aromatic carbocycles. The minimum absolute atomic E-state index is 0.251. The Hall–Kier alpha value is -1.04. The van der Waals surface area contributed by atoms with Crippen molar-refractivity contribution < 1.29 is 0 Å². The molecule has 1 fully saturated rings. The van der Waals surface area contributed by atoms with E-state index < -0.39 is 5.69 Å². The van der Waals surface area contributed by atoms with Gasteiger partial charge in [-0.25, -0.2) is 14.2 Å². The van der Waals surface area contributed by atoms with Crippen LogP contribution < -0.4 is 11.4 Å². The summed E-state index contributed by atoms with van der Waals surface area (Å²) in [6.45, 7) is 1.98. The molecule has 0 atom stereocenters. The second kappa shape index (κ2) is 4.33. The van der Waals surface area contributed by atoms with Gasteiger partial charge in [0.15, 0.2) is 5.16 Å². The molecule has 17 heavy (non-hydrogen) atoms. The lowest BCUT2D eigenvalue weighted by Gasteiger charge is -2.25. The minimum Gasteiger partial charge on any atom is -0.275 e. The minimum atomic E-state index is -0.415. The Morgan fingerprint density at radius 1 is 1.29 bits per heavy atom. The van der Waals surface area contributed by atoms with Gasteiger partial charge in [-0.1, -0.05) is 24.6 Å². The van der Waals surface area contributed by atoms with Crippen molar-refractivity contribution in [2.24, 2.45) is 7.05 Å². The Labute approximate surface area is 104 Å². The predicted octanol–water partition coefficient (Wildman–Crippen LogP) is 0.953. The van der Waals surface area contributed by atoms with Crippen LogP contribution in [-0.2, 0) is 12.6 Å². The van der Waals surface area contributed by atoms with Gasteiger partial charge < -0.3 is 0 Å². The van der Waals surface area contributed by atoms with Gasteiger partial charge in [-0.2, -0.15) is 4.98 Å². The van der Waals surface area contributed by atoms with Crippen molar-refractivity contribution in [2.45, 2.75) is 43.3 Å². The predicted molar refractivity (Wildman–Crippen MR) is 67.6 cm³/mol. The Bertz CT molecular complexity index is 541. The van der Waals surface area contributed by atoms with Gasteiger partial charge in [-0.3, -0.25) is 4.57 Å². The van der Waals surface area contributed by atoms with Gasteiger partial charge in [0.1, 0.15) is 0 Å². The van der Waals surface area contributed by atoms with Crippen molar-refractivity contribution in [2.75, 3.05) is 6.26 Å². The summed E-state index contributed by atoms with van der Waals surface area (Å²) in [5.74, 6) is 0. The standard InChI is InChI=1S/C11H17N3O2S/c1-11(6-4-5-7-11)14-8(15)12-9(17-3)13(2)10(14)16/h4-7H2,1-3H3. The highest BCUT2D eigenvalue weighted by molar-refractivity contribution is 7.98. The Balaban J connectivity index is 2.67. The lowest BCUT2D eigenvalue weighted by Crippen LogP contribution is -2.50. The summed E-state index contributed by atoms with van der Waals surface area (Å²) >= 11 is 1.31. The molecular weight excluding hydrogens is 238 g/mol. The molecule has 0 spiro atoms. The first-order valence-electron chi connectivity index (χ1n) is 5.74. The fourth-order valence-corrected chi connectivity index (χ4v) is 3.05. The fraction of sp³-hybridized carbons (Fsp3) is 0.727. The largest absolute Gasteiger partial charge is 0.354 e. The average molecular weight is 255 g/mol. The molecule has 0 radical (unpaired) electrons. The molecule has 0 aliphatic heterocycles. The number of rotatable bonds is 2. The van der Waals surface area contributed by atoms with Gasteiger partial charge in [0.2, 0.25) is 0 Å².